The quantitative estimate of drug-likeness (QED) is 0.229. The van der Waals surface area contributed by atoms with Crippen LogP contribution in [0.3, 0.4) is 0 Å². The fraction of sp³-hybridized carbons (Fsp3) is 0.481. The zero-order valence-electron chi connectivity index (χ0n) is 22.5. The molecule has 2 fully saturated rings. The highest BCUT2D eigenvalue weighted by Crippen LogP contribution is 2.29. The van der Waals surface area contributed by atoms with Gasteiger partial charge in [-0.15, -0.1) is 0 Å². The minimum absolute atomic E-state index is 0.0253. The number of guanidine groups is 1. The number of likely N-dealkylation sites (tertiary alicyclic amines) is 1. The number of nitrogens with one attached hydrogen (secondary N) is 2. The molecule has 216 valence electrons. The zero-order chi connectivity index (χ0) is 29.0. The van der Waals surface area contributed by atoms with Gasteiger partial charge in [0.15, 0.2) is 5.96 Å². The molecule has 2 aromatic rings. The lowest BCUT2D eigenvalue weighted by Gasteiger charge is -2.37. The highest BCUT2D eigenvalue weighted by atomic mass is 32.2. The van der Waals surface area contributed by atoms with Crippen molar-refractivity contribution in [3.05, 3.63) is 42.5 Å². The number of aliphatic carboxylic acids is 1. The maximum Gasteiger partial charge on any atom is 0.305 e. The fourth-order valence-electron chi connectivity index (χ4n) is 5.06. The van der Waals surface area contributed by atoms with E-state index in [1.807, 2.05) is 12.1 Å². The highest BCUT2D eigenvalue weighted by molar-refractivity contribution is 7.89. The first kappa shape index (κ1) is 29.3. The molecule has 13 heteroatoms. The lowest BCUT2D eigenvalue weighted by atomic mass is 10.0. The number of nitrogens with zero attached hydrogens (tertiary/aromatic N) is 3. The van der Waals surface area contributed by atoms with Crippen molar-refractivity contribution < 1.29 is 27.9 Å². The van der Waals surface area contributed by atoms with E-state index in [0.29, 0.717) is 44.2 Å². The smallest absolute Gasteiger partial charge is 0.305 e. The predicted octanol–water partition coefficient (Wildman–Crippen LogP) is 1.16. The molecule has 1 heterocycles. The van der Waals surface area contributed by atoms with Crippen LogP contribution in [0.4, 0.5) is 0 Å². The molecule has 0 unspecified atom stereocenters. The summed E-state index contributed by atoms with van der Waals surface area (Å²) in [4.78, 5) is 42.9. The maximum atomic E-state index is 13.7. The summed E-state index contributed by atoms with van der Waals surface area (Å²) in [5, 5.41) is 18.4. The topological polar surface area (TPSA) is 177 Å². The standard InChI is InChI=1S/C27H36N6O6S/c1-31(20-10-13-32(14-11-20)27(28)29)24(34)17-23(26(37)33(21-7-8-21)15-12-25(35)36)30-40(38,39)22-9-6-18-4-2-3-5-19(18)16-22/h2-6,9,16,20-21,23,30H,7-8,10-15,17H2,1H3,(H3,28,29)(H,35,36)/t23-/m0/s1. The van der Waals surface area contributed by atoms with Gasteiger partial charge in [-0.3, -0.25) is 19.8 Å². The second-order valence-electron chi connectivity index (χ2n) is 10.4. The molecule has 2 aliphatic rings. The summed E-state index contributed by atoms with van der Waals surface area (Å²) in [5.74, 6) is -2.11. The normalized spacial score (nSPS) is 16.9. The van der Waals surface area contributed by atoms with E-state index in [1.165, 1.54) is 21.9 Å². The molecule has 1 atom stereocenters. The van der Waals surface area contributed by atoms with Crippen molar-refractivity contribution in [2.24, 2.45) is 5.73 Å². The number of hydrogen-bond donors (Lipinski definition) is 4. The summed E-state index contributed by atoms with van der Waals surface area (Å²) in [7, 11) is -2.58. The first-order valence-electron chi connectivity index (χ1n) is 13.3. The molecule has 12 nitrogen and oxygen atoms in total. The first-order valence-corrected chi connectivity index (χ1v) is 14.8. The van der Waals surface area contributed by atoms with E-state index in [4.69, 9.17) is 11.1 Å². The summed E-state index contributed by atoms with van der Waals surface area (Å²) in [6.07, 6.45) is 1.85. The summed E-state index contributed by atoms with van der Waals surface area (Å²) >= 11 is 0. The number of fused-ring (bicyclic) bond motifs is 1. The molecule has 0 radical (unpaired) electrons. The Labute approximate surface area is 233 Å². The molecular formula is C27H36N6O6S. The van der Waals surface area contributed by atoms with Gasteiger partial charge in [0.2, 0.25) is 21.8 Å². The van der Waals surface area contributed by atoms with Crippen LogP contribution in [0.1, 0.15) is 38.5 Å². The van der Waals surface area contributed by atoms with E-state index >= 15 is 0 Å². The summed E-state index contributed by atoms with van der Waals surface area (Å²) in [6, 6.07) is 10.2. The first-order chi connectivity index (χ1) is 19.0. The molecule has 0 spiro atoms. The molecule has 1 aliphatic heterocycles. The van der Waals surface area contributed by atoms with Gasteiger partial charge >= 0.3 is 5.97 Å². The van der Waals surface area contributed by atoms with Crippen LogP contribution in [-0.2, 0) is 24.4 Å². The number of carboxylic acids is 1. The van der Waals surface area contributed by atoms with Gasteiger partial charge in [0.05, 0.1) is 17.7 Å². The molecule has 4 rings (SSSR count). The molecule has 2 aromatic carbocycles. The highest BCUT2D eigenvalue weighted by Gasteiger charge is 2.39. The molecule has 0 bridgehead atoms. The number of sulfonamides is 1. The van der Waals surface area contributed by atoms with Crippen LogP contribution in [-0.4, -0.2) is 96.8 Å². The van der Waals surface area contributed by atoms with Gasteiger partial charge in [0.1, 0.15) is 6.04 Å². The summed E-state index contributed by atoms with van der Waals surface area (Å²) in [5.41, 5.74) is 5.57. The van der Waals surface area contributed by atoms with Crippen LogP contribution in [0, 0.1) is 5.41 Å². The Bertz CT molecular complexity index is 1390. The third-order valence-electron chi connectivity index (χ3n) is 7.59. The SMILES string of the molecule is CN(C(=O)C[C@H](NS(=O)(=O)c1ccc2ccccc2c1)C(=O)N(CCC(=O)O)C1CC1)C1CCN(C(=N)N)CC1. The minimum atomic E-state index is -4.21. The van der Waals surface area contributed by atoms with E-state index in [-0.39, 0.29) is 35.9 Å². The Morgan fingerprint density at radius 3 is 2.33 bits per heavy atom. The molecule has 1 saturated heterocycles. The van der Waals surface area contributed by atoms with Crippen molar-refractivity contribution in [2.75, 3.05) is 26.7 Å². The Morgan fingerprint density at radius 1 is 1.07 bits per heavy atom. The van der Waals surface area contributed by atoms with E-state index in [1.54, 1.807) is 30.1 Å². The molecule has 2 amide bonds. The van der Waals surface area contributed by atoms with Gasteiger partial charge in [0, 0.05) is 38.8 Å². The molecular weight excluding hydrogens is 536 g/mol. The van der Waals surface area contributed by atoms with Crippen molar-refractivity contribution in [2.45, 2.75) is 61.5 Å². The number of nitrogens with two attached hydrogens (primary N) is 1. The van der Waals surface area contributed by atoms with Crippen LogP contribution < -0.4 is 10.5 Å². The van der Waals surface area contributed by atoms with Crippen LogP contribution in [0.25, 0.3) is 10.8 Å². The van der Waals surface area contributed by atoms with Gasteiger partial charge < -0.3 is 25.5 Å². The zero-order valence-corrected chi connectivity index (χ0v) is 23.3. The largest absolute Gasteiger partial charge is 0.481 e. The summed E-state index contributed by atoms with van der Waals surface area (Å²) in [6.45, 7) is 0.957. The monoisotopic (exact) mass is 572 g/mol. The molecule has 5 N–H and O–H groups in total. The lowest BCUT2D eigenvalue weighted by Crippen LogP contribution is -2.53. The Morgan fingerprint density at radius 2 is 1.73 bits per heavy atom. The van der Waals surface area contributed by atoms with Gasteiger partial charge in [-0.05, 0) is 48.6 Å². The average Bonchev–Trinajstić information content (AvgIpc) is 3.77. The fourth-order valence-corrected chi connectivity index (χ4v) is 6.28. The van der Waals surface area contributed by atoms with Crippen molar-refractivity contribution >= 4 is 44.5 Å². The number of piperidine rings is 1. The average molecular weight is 573 g/mol. The lowest BCUT2D eigenvalue weighted by molar-refractivity contribution is -0.142. The molecule has 1 aliphatic carbocycles. The van der Waals surface area contributed by atoms with Crippen molar-refractivity contribution in [1.29, 1.82) is 5.41 Å². The van der Waals surface area contributed by atoms with Crippen molar-refractivity contribution in [3.8, 4) is 0 Å². The van der Waals surface area contributed by atoms with Crippen LogP contribution >= 0.6 is 0 Å². The third-order valence-corrected chi connectivity index (χ3v) is 9.06. The number of carbonyl (C=O) groups excluding carboxylic acids is 2. The maximum absolute atomic E-state index is 13.7. The van der Waals surface area contributed by atoms with Gasteiger partial charge in [-0.1, -0.05) is 30.3 Å². The van der Waals surface area contributed by atoms with Crippen molar-refractivity contribution in [1.82, 2.24) is 19.4 Å². The van der Waals surface area contributed by atoms with E-state index < -0.39 is 40.3 Å². The number of benzene rings is 2. The number of hydrogen-bond acceptors (Lipinski definition) is 6. The van der Waals surface area contributed by atoms with E-state index in [2.05, 4.69) is 4.72 Å². The predicted molar refractivity (Wildman–Crippen MR) is 149 cm³/mol. The molecule has 40 heavy (non-hydrogen) atoms. The Hall–Kier alpha value is -3.71. The number of rotatable bonds is 11. The number of amides is 2. The van der Waals surface area contributed by atoms with Gasteiger partial charge in [-0.2, -0.15) is 4.72 Å². The van der Waals surface area contributed by atoms with Gasteiger partial charge in [0.25, 0.3) is 0 Å². The van der Waals surface area contributed by atoms with Crippen LogP contribution in [0.5, 0.6) is 0 Å². The van der Waals surface area contributed by atoms with Crippen LogP contribution in [0.2, 0.25) is 0 Å². The Balaban J connectivity index is 1.56. The minimum Gasteiger partial charge on any atom is -0.481 e. The van der Waals surface area contributed by atoms with Gasteiger partial charge in [-0.25, -0.2) is 8.42 Å². The second kappa shape index (κ2) is 12.2. The second-order valence-corrected chi connectivity index (χ2v) is 12.1. The third kappa shape index (κ3) is 7.07. The molecule has 0 aromatic heterocycles. The van der Waals surface area contributed by atoms with E-state index in [0.717, 1.165) is 5.39 Å². The van der Waals surface area contributed by atoms with Crippen molar-refractivity contribution in [3.63, 3.8) is 0 Å². The summed E-state index contributed by atoms with van der Waals surface area (Å²) < 4.78 is 29.4. The molecule has 1 saturated carbocycles. The number of carbonyl (C=O) groups is 3. The van der Waals surface area contributed by atoms with Crippen LogP contribution in [0.15, 0.2) is 47.4 Å². The van der Waals surface area contributed by atoms with E-state index in [9.17, 15) is 27.9 Å². The Kier molecular flexibility index (Phi) is 8.94. The number of carboxylic acid groups (broad SMARTS) is 1.